The molecule has 0 bridgehead atoms. The third-order valence-electron chi connectivity index (χ3n) is 5.10. The van der Waals surface area contributed by atoms with Crippen LogP contribution in [-0.4, -0.2) is 48.6 Å². The zero-order valence-corrected chi connectivity index (χ0v) is 19.4. The smallest absolute Gasteiger partial charge is 0.243 e. The summed E-state index contributed by atoms with van der Waals surface area (Å²) in [6, 6.07) is 10.1. The fourth-order valence-corrected chi connectivity index (χ4v) is 5.47. The molecule has 2 heterocycles. The number of fused-ring (bicyclic) bond motifs is 1. The lowest BCUT2D eigenvalue weighted by atomic mass is 10.3. The molecule has 0 amide bonds. The lowest BCUT2D eigenvalue weighted by Crippen LogP contribution is -2.40. The predicted molar refractivity (Wildman–Crippen MR) is 120 cm³/mol. The topological polar surface area (TPSA) is 73.7 Å². The van der Waals surface area contributed by atoms with Crippen molar-refractivity contribution in [1.29, 1.82) is 0 Å². The van der Waals surface area contributed by atoms with Gasteiger partial charge in [-0.1, -0.05) is 30.1 Å². The fraction of sp³-hybridized carbons (Fsp3) is 0.381. The number of halogens is 2. The highest BCUT2D eigenvalue weighted by molar-refractivity contribution is 7.89. The largest absolute Gasteiger partial charge is 0.484 e. The molecule has 0 atom stereocenters. The van der Waals surface area contributed by atoms with Crippen LogP contribution in [0.5, 0.6) is 5.75 Å². The molecule has 1 fully saturated rings. The van der Waals surface area contributed by atoms with E-state index < -0.39 is 10.0 Å². The molecule has 2 aromatic carbocycles. The maximum absolute atomic E-state index is 13.0. The molecule has 10 heteroatoms. The van der Waals surface area contributed by atoms with E-state index in [4.69, 9.17) is 32.7 Å². The van der Waals surface area contributed by atoms with E-state index in [2.05, 4.69) is 11.9 Å². The van der Waals surface area contributed by atoms with Crippen molar-refractivity contribution in [2.45, 2.75) is 31.4 Å². The van der Waals surface area contributed by atoms with Crippen LogP contribution >= 0.6 is 23.2 Å². The van der Waals surface area contributed by atoms with Crippen LogP contribution < -0.4 is 4.74 Å². The molecule has 7 nitrogen and oxygen atoms in total. The first-order chi connectivity index (χ1) is 14.9. The van der Waals surface area contributed by atoms with Gasteiger partial charge in [0, 0.05) is 24.7 Å². The van der Waals surface area contributed by atoms with Crippen molar-refractivity contribution in [3.63, 3.8) is 0 Å². The first-order valence-electron chi connectivity index (χ1n) is 10.0. The summed E-state index contributed by atoms with van der Waals surface area (Å²) in [5.74, 6) is 1.21. The van der Waals surface area contributed by atoms with Gasteiger partial charge in [0.05, 0.1) is 34.2 Å². The molecule has 3 aromatic rings. The molecule has 0 N–H and O–H groups in total. The Hall–Kier alpha value is -1.84. The molecule has 0 saturated carbocycles. The standard InChI is InChI=1S/C21H23Cl2N3O4S/c1-2-7-26-19-5-4-16(31(27,28)25-8-10-29-11-9-25)13-18(19)24-21(26)14-30-20-6-3-15(22)12-17(20)23/h3-6,12-13H,2,7-11,14H2,1H3. The van der Waals surface area contributed by atoms with Gasteiger partial charge in [0.25, 0.3) is 0 Å². The number of aromatic nitrogens is 2. The van der Waals surface area contributed by atoms with Crippen LogP contribution in [0.15, 0.2) is 41.3 Å². The van der Waals surface area contributed by atoms with E-state index in [1.165, 1.54) is 4.31 Å². The third kappa shape index (κ3) is 4.68. The van der Waals surface area contributed by atoms with Gasteiger partial charge in [0.15, 0.2) is 0 Å². The van der Waals surface area contributed by atoms with Crippen molar-refractivity contribution < 1.29 is 17.9 Å². The first kappa shape index (κ1) is 22.4. The van der Waals surface area contributed by atoms with Gasteiger partial charge in [0.1, 0.15) is 18.2 Å². The van der Waals surface area contributed by atoms with Crippen LogP contribution in [-0.2, 0) is 27.9 Å². The molecule has 1 aliphatic heterocycles. The van der Waals surface area contributed by atoms with E-state index in [-0.39, 0.29) is 11.5 Å². The minimum atomic E-state index is -3.59. The molecule has 31 heavy (non-hydrogen) atoms. The first-order valence-corrected chi connectivity index (χ1v) is 12.2. The van der Waals surface area contributed by atoms with Crippen molar-refractivity contribution >= 4 is 44.3 Å². The Balaban J connectivity index is 1.65. The van der Waals surface area contributed by atoms with E-state index in [1.54, 1.807) is 30.3 Å². The van der Waals surface area contributed by atoms with Gasteiger partial charge < -0.3 is 14.0 Å². The van der Waals surface area contributed by atoms with Crippen molar-refractivity contribution in [3.05, 3.63) is 52.3 Å². The SMILES string of the molecule is CCCn1c(COc2ccc(Cl)cc2Cl)nc2cc(S(=O)(=O)N3CCOCC3)ccc21. The number of sulfonamides is 1. The lowest BCUT2D eigenvalue weighted by molar-refractivity contribution is 0.0730. The summed E-state index contributed by atoms with van der Waals surface area (Å²) in [6.07, 6.45) is 0.897. The summed E-state index contributed by atoms with van der Waals surface area (Å²) in [6.45, 7) is 4.52. The number of morpholine rings is 1. The van der Waals surface area contributed by atoms with Crippen LogP contribution in [0.1, 0.15) is 19.2 Å². The molecule has 0 spiro atoms. The Morgan fingerprint density at radius 1 is 1.13 bits per heavy atom. The molecule has 1 aromatic heterocycles. The number of aryl methyl sites for hydroxylation is 1. The monoisotopic (exact) mass is 483 g/mol. The van der Waals surface area contributed by atoms with E-state index in [0.717, 1.165) is 18.5 Å². The third-order valence-corrected chi connectivity index (χ3v) is 7.53. The van der Waals surface area contributed by atoms with Gasteiger partial charge in [-0.3, -0.25) is 0 Å². The summed E-state index contributed by atoms with van der Waals surface area (Å²) < 4.78 is 40.7. The number of ether oxygens (including phenoxy) is 2. The average molecular weight is 484 g/mol. The molecule has 166 valence electrons. The Morgan fingerprint density at radius 3 is 2.61 bits per heavy atom. The van der Waals surface area contributed by atoms with Crippen LogP contribution in [0.3, 0.4) is 0 Å². The van der Waals surface area contributed by atoms with Crippen molar-refractivity contribution in [3.8, 4) is 5.75 Å². The minimum absolute atomic E-state index is 0.196. The van der Waals surface area contributed by atoms with Gasteiger partial charge in [0.2, 0.25) is 10.0 Å². The number of imidazole rings is 1. The van der Waals surface area contributed by atoms with Crippen LogP contribution in [0.2, 0.25) is 10.0 Å². The number of hydrogen-bond donors (Lipinski definition) is 0. The second-order valence-electron chi connectivity index (χ2n) is 7.21. The van der Waals surface area contributed by atoms with Gasteiger partial charge >= 0.3 is 0 Å². The van der Waals surface area contributed by atoms with Crippen molar-refractivity contribution in [2.24, 2.45) is 0 Å². The average Bonchev–Trinajstić information content (AvgIpc) is 3.11. The van der Waals surface area contributed by atoms with E-state index in [0.29, 0.717) is 53.4 Å². The summed E-state index contributed by atoms with van der Waals surface area (Å²) in [5.41, 5.74) is 1.48. The summed E-state index contributed by atoms with van der Waals surface area (Å²) in [4.78, 5) is 4.91. The molecule has 0 unspecified atom stereocenters. The van der Waals surface area contributed by atoms with E-state index in [9.17, 15) is 8.42 Å². The highest BCUT2D eigenvalue weighted by Crippen LogP contribution is 2.29. The zero-order valence-electron chi connectivity index (χ0n) is 17.1. The molecule has 0 aliphatic carbocycles. The fourth-order valence-electron chi connectivity index (χ4n) is 3.57. The highest BCUT2D eigenvalue weighted by Gasteiger charge is 2.27. The molecule has 1 aliphatic rings. The highest BCUT2D eigenvalue weighted by atomic mass is 35.5. The van der Waals surface area contributed by atoms with Gasteiger partial charge in [-0.05, 0) is 42.8 Å². The van der Waals surface area contributed by atoms with E-state index in [1.807, 2.05) is 10.6 Å². The zero-order chi connectivity index (χ0) is 22.0. The summed E-state index contributed by atoms with van der Waals surface area (Å²) >= 11 is 12.1. The van der Waals surface area contributed by atoms with Gasteiger partial charge in [-0.25, -0.2) is 13.4 Å². The number of nitrogens with zero attached hydrogens (tertiary/aromatic N) is 3. The van der Waals surface area contributed by atoms with Gasteiger partial charge in [-0.15, -0.1) is 0 Å². The Morgan fingerprint density at radius 2 is 1.90 bits per heavy atom. The molecular weight excluding hydrogens is 461 g/mol. The second kappa shape index (κ2) is 9.34. The van der Waals surface area contributed by atoms with Crippen LogP contribution in [0.4, 0.5) is 0 Å². The maximum atomic E-state index is 13.0. The Bertz CT molecular complexity index is 1190. The number of hydrogen-bond acceptors (Lipinski definition) is 5. The van der Waals surface area contributed by atoms with Gasteiger partial charge in [-0.2, -0.15) is 4.31 Å². The minimum Gasteiger partial charge on any atom is -0.484 e. The molecule has 0 radical (unpaired) electrons. The van der Waals surface area contributed by atoms with Crippen LogP contribution in [0, 0.1) is 0 Å². The number of benzene rings is 2. The van der Waals surface area contributed by atoms with E-state index >= 15 is 0 Å². The lowest BCUT2D eigenvalue weighted by Gasteiger charge is -2.26. The predicted octanol–water partition coefficient (Wildman–Crippen LogP) is 4.35. The summed E-state index contributed by atoms with van der Waals surface area (Å²) in [5, 5.41) is 0.953. The molecule has 4 rings (SSSR count). The normalized spacial score (nSPS) is 15.5. The number of rotatable bonds is 7. The van der Waals surface area contributed by atoms with Crippen LogP contribution in [0.25, 0.3) is 11.0 Å². The maximum Gasteiger partial charge on any atom is 0.243 e. The molecule has 1 saturated heterocycles. The quantitative estimate of drug-likeness (QED) is 0.499. The summed E-state index contributed by atoms with van der Waals surface area (Å²) in [7, 11) is -3.59. The Kier molecular flexibility index (Phi) is 6.74. The van der Waals surface area contributed by atoms with Crippen molar-refractivity contribution in [2.75, 3.05) is 26.3 Å². The second-order valence-corrected chi connectivity index (χ2v) is 9.99. The van der Waals surface area contributed by atoms with Crippen molar-refractivity contribution in [1.82, 2.24) is 13.9 Å². The Labute approximate surface area is 191 Å². The molecular formula is C21H23Cl2N3O4S.